The van der Waals surface area contributed by atoms with Crippen LogP contribution in [0.15, 0.2) is 30.5 Å². The third-order valence-electron chi connectivity index (χ3n) is 1.93. The van der Waals surface area contributed by atoms with Gasteiger partial charge < -0.3 is 4.74 Å². The van der Waals surface area contributed by atoms with Gasteiger partial charge in [-0.25, -0.2) is 0 Å². The summed E-state index contributed by atoms with van der Waals surface area (Å²) in [5.74, 6) is 0. The molecule has 0 unspecified atom stereocenters. The minimum atomic E-state index is 0.438. The highest BCUT2D eigenvalue weighted by Gasteiger charge is 2.03. The van der Waals surface area contributed by atoms with Crippen LogP contribution in [0.1, 0.15) is 5.69 Å². The molecule has 0 aliphatic heterocycles. The predicted octanol–water partition coefficient (Wildman–Crippen LogP) is 2.65. The second-order valence-electron chi connectivity index (χ2n) is 3.02. The van der Waals surface area contributed by atoms with Gasteiger partial charge >= 0.3 is 0 Å². The van der Waals surface area contributed by atoms with Crippen LogP contribution >= 0.6 is 11.3 Å². The molecule has 0 N–H and O–H groups in total. The van der Waals surface area contributed by atoms with Gasteiger partial charge in [0.05, 0.1) is 0 Å². The van der Waals surface area contributed by atoms with Gasteiger partial charge in [-0.3, -0.25) is 9.78 Å². The molecule has 0 bridgehead atoms. The Balaban J connectivity index is 2.32. The first kappa shape index (κ1) is 9.86. The van der Waals surface area contributed by atoms with E-state index in [2.05, 4.69) is 4.98 Å². The van der Waals surface area contributed by atoms with Gasteiger partial charge in [0.25, 0.3) is 6.47 Å². The normalized spacial score (nSPS) is 9.93. The number of carbonyl (C=O) groups is 1. The van der Waals surface area contributed by atoms with Gasteiger partial charge in [0.2, 0.25) is 0 Å². The highest BCUT2D eigenvalue weighted by molar-refractivity contribution is 7.17. The van der Waals surface area contributed by atoms with Crippen LogP contribution in [0.3, 0.4) is 0 Å². The Kier molecular flexibility index (Phi) is 2.78. The van der Waals surface area contributed by atoms with Gasteiger partial charge in [-0.1, -0.05) is 11.3 Å². The van der Waals surface area contributed by atoms with Gasteiger partial charge in [0.1, 0.15) is 0 Å². The third kappa shape index (κ3) is 2.22. The van der Waals surface area contributed by atoms with Crippen molar-refractivity contribution in [2.75, 3.05) is 0 Å². The minimum absolute atomic E-state index is 0.438. The summed E-state index contributed by atoms with van der Waals surface area (Å²) < 4.78 is 4.76. The highest BCUT2D eigenvalue weighted by atomic mass is 32.1. The minimum Gasteiger partial charge on any atom is -0.418 e. The monoisotopic (exact) mass is 219 g/mol. The maximum absolute atomic E-state index is 10.1. The first-order valence-corrected chi connectivity index (χ1v) is 5.24. The lowest BCUT2D eigenvalue weighted by Gasteiger charge is -1.97. The van der Waals surface area contributed by atoms with E-state index in [1.807, 2.05) is 25.1 Å². The van der Waals surface area contributed by atoms with Gasteiger partial charge in [-0.2, -0.15) is 0 Å². The number of nitrogens with zero attached hydrogens (tertiary/aromatic N) is 1. The Bertz CT molecular complexity index is 479. The fourth-order valence-corrected chi connectivity index (χ4v) is 2.11. The van der Waals surface area contributed by atoms with Crippen molar-refractivity contribution in [2.45, 2.75) is 6.92 Å². The molecule has 4 heteroatoms. The number of thiophene rings is 1. The molecule has 0 saturated heterocycles. The maximum Gasteiger partial charge on any atom is 0.299 e. The molecule has 2 heterocycles. The summed E-state index contributed by atoms with van der Waals surface area (Å²) in [5.41, 5.74) is 2.06. The fraction of sp³-hybridized carbons (Fsp3) is 0.0909. The molecule has 0 aliphatic rings. The van der Waals surface area contributed by atoms with E-state index in [-0.39, 0.29) is 0 Å². The smallest absolute Gasteiger partial charge is 0.299 e. The van der Waals surface area contributed by atoms with Gasteiger partial charge in [0.15, 0.2) is 5.06 Å². The Hall–Kier alpha value is -1.68. The summed E-state index contributed by atoms with van der Waals surface area (Å²) in [4.78, 5) is 15.3. The van der Waals surface area contributed by atoms with Crippen molar-refractivity contribution < 1.29 is 9.53 Å². The first-order chi connectivity index (χ1) is 7.29. The van der Waals surface area contributed by atoms with E-state index in [1.54, 1.807) is 12.3 Å². The van der Waals surface area contributed by atoms with E-state index in [0.29, 0.717) is 11.5 Å². The summed E-state index contributed by atoms with van der Waals surface area (Å²) in [5, 5.41) is 0.606. The molecular weight excluding hydrogens is 210 g/mol. The number of hydrogen-bond acceptors (Lipinski definition) is 4. The summed E-state index contributed by atoms with van der Waals surface area (Å²) in [6.07, 6.45) is 1.77. The van der Waals surface area contributed by atoms with Crippen molar-refractivity contribution in [3.05, 3.63) is 36.2 Å². The summed E-state index contributed by atoms with van der Waals surface area (Å²) in [6.45, 7) is 2.38. The zero-order valence-electron chi connectivity index (χ0n) is 8.14. The standard InChI is InChI=1S/C11H9NO2S/c1-8-6-9(4-5-12-8)10-2-3-11(15-10)14-7-13/h2-7H,1H3. The van der Waals surface area contributed by atoms with Crippen LogP contribution in [0.25, 0.3) is 10.4 Å². The van der Waals surface area contributed by atoms with Crippen LogP contribution in [0.4, 0.5) is 0 Å². The Morgan fingerprint density at radius 2 is 2.27 bits per heavy atom. The van der Waals surface area contributed by atoms with Crippen LogP contribution in [0.2, 0.25) is 0 Å². The average molecular weight is 219 g/mol. The molecule has 0 saturated carbocycles. The molecule has 0 aliphatic carbocycles. The number of ether oxygens (including phenoxy) is 1. The van der Waals surface area contributed by atoms with Crippen LogP contribution in [-0.2, 0) is 4.79 Å². The van der Waals surface area contributed by atoms with Crippen LogP contribution in [-0.4, -0.2) is 11.5 Å². The van der Waals surface area contributed by atoms with E-state index < -0.39 is 0 Å². The molecule has 2 aromatic rings. The fourth-order valence-electron chi connectivity index (χ4n) is 1.28. The molecule has 0 radical (unpaired) electrons. The number of aryl methyl sites for hydroxylation is 1. The molecule has 0 aromatic carbocycles. The largest absolute Gasteiger partial charge is 0.418 e. The van der Waals surface area contributed by atoms with E-state index in [9.17, 15) is 4.79 Å². The van der Waals surface area contributed by atoms with Crippen LogP contribution < -0.4 is 4.74 Å². The lowest BCUT2D eigenvalue weighted by Crippen LogP contribution is -1.82. The molecule has 0 spiro atoms. The zero-order chi connectivity index (χ0) is 10.7. The molecule has 0 amide bonds. The maximum atomic E-state index is 10.1. The second kappa shape index (κ2) is 4.23. The first-order valence-electron chi connectivity index (χ1n) is 4.43. The van der Waals surface area contributed by atoms with Gasteiger partial charge in [0, 0.05) is 16.8 Å². The number of rotatable bonds is 3. The molecule has 76 valence electrons. The van der Waals surface area contributed by atoms with Crippen molar-refractivity contribution in [3.8, 4) is 15.5 Å². The lowest BCUT2D eigenvalue weighted by atomic mass is 10.2. The van der Waals surface area contributed by atoms with E-state index >= 15 is 0 Å². The highest BCUT2D eigenvalue weighted by Crippen LogP contribution is 2.32. The molecular formula is C11H9NO2S. The van der Waals surface area contributed by atoms with Gasteiger partial charge in [-0.15, -0.1) is 0 Å². The summed E-state index contributed by atoms with van der Waals surface area (Å²) in [7, 11) is 0. The number of pyridine rings is 1. The SMILES string of the molecule is Cc1cc(-c2ccc(OC=O)s2)ccn1. The van der Waals surface area contributed by atoms with Gasteiger partial charge in [-0.05, 0) is 36.8 Å². The van der Waals surface area contributed by atoms with E-state index in [4.69, 9.17) is 4.74 Å². The lowest BCUT2D eigenvalue weighted by molar-refractivity contribution is -0.120. The van der Waals surface area contributed by atoms with E-state index in [1.165, 1.54) is 11.3 Å². The van der Waals surface area contributed by atoms with Crippen molar-refractivity contribution in [1.29, 1.82) is 0 Å². The van der Waals surface area contributed by atoms with Crippen LogP contribution in [0.5, 0.6) is 5.06 Å². The molecule has 15 heavy (non-hydrogen) atoms. The Morgan fingerprint density at radius 3 is 3.00 bits per heavy atom. The Morgan fingerprint density at radius 1 is 1.40 bits per heavy atom. The second-order valence-corrected chi connectivity index (χ2v) is 4.06. The molecule has 0 atom stereocenters. The van der Waals surface area contributed by atoms with Crippen molar-refractivity contribution in [3.63, 3.8) is 0 Å². The van der Waals surface area contributed by atoms with Crippen molar-refractivity contribution in [2.24, 2.45) is 0 Å². The number of hydrogen-bond donors (Lipinski definition) is 0. The molecule has 2 rings (SSSR count). The number of aromatic nitrogens is 1. The van der Waals surface area contributed by atoms with Crippen molar-refractivity contribution >= 4 is 17.8 Å². The van der Waals surface area contributed by atoms with Crippen molar-refractivity contribution in [1.82, 2.24) is 4.98 Å². The van der Waals surface area contributed by atoms with E-state index in [0.717, 1.165) is 16.1 Å². The predicted molar refractivity (Wildman–Crippen MR) is 59.0 cm³/mol. The topological polar surface area (TPSA) is 39.2 Å². The molecule has 3 nitrogen and oxygen atoms in total. The molecule has 0 fully saturated rings. The number of carbonyl (C=O) groups excluding carboxylic acids is 1. The van der Waals surface area contributed by atoms with Crippen LogP contribution in [0, 0.1) is 6.92 Å². The summed E-state index contributed by atoms with van der Waals surface area (Å²) >= 11 is 1.44. The average Bonchev–Trinajstić information content (AvgIpc) is 2.67. The molecule has 2 aromatic heterocycles. The zero-order valence-corrected chi connectivity index (χ0v) is 8.95. The third-order valence-corrected chi connectivity index (χ3v) is 2.95. The summed E-state index contributed by atoms with van der Waals surface area (Å²) in [6, 6.07) is 7.64. The Labute approximate surface area is 91.4 Å². The quantitative estimate of drug-likeness (QED) is 0.745.